The van der Waals surface area contributed by atoms with E-state index in [1.54, 1.807) is 11.8 Å². The fourth-order valence-electron chi connectivity index (χ4n) is 4.01. The Balaban J connectivity index is 1.33. The molecule has 2 aromatic carbocycles. The number of nitrogens with zero attached hydrogens (tertiary/aromatic N) is 4. The van der Waals surface area contributed by atoms with Crippen molar-refractivity contribution in [3.63, 3.8) is 0 Å². The van der Waals surface area contributed by atoms with Gasteiger partial charge in [-0.2, -0.15) is 0 Å². The number of carbonyl (C=O) groups excluding carboxylic acids is 1. The highest BCUT2D eigenvalue weighted by Gasteiger charge is 2.15. The lowest BCUT2D eigenvalue weighted by Gasteiger charge is -2.11. The highest BCUT2D eigenvalue weighted by Crippen LogP contribution is 2.30. The zero-order valence-corrected chi connectivity index (χ0v) is 20.0. The molecule has 6 nitrogen and oxygen atoms in total. The van der Waals surface area contributed by atoms with Crippen LogP contribution in [-0.2, 0) is 4.79 Å². The number of rotatable bonds is 5. The summed E-state index contributed by atoms with van der Waals surface area (Å²) in [6, 6.07) is 12.6. The van der Waals surface area contributed by atoms with Crippen molar-refractivity contribution in [1.29, 1.82) is 0 Å². The van der Waals surface area contributed by atoms with Crippen LogP contribution < -0.4 is 5.32 Å². The number of aromatic nitrogens is 4. The van der Waals surface area contributed by atoms with Gasteiger partial charge >= 0.3 is 0 Å². The van der Waals surface area contributed by atoms with E-state index in [9.17, 15) is 4.79 Å². The molecule has 0 aliphatic heterocycles. The van der Waals surface area contributed by atoms with Gasteiger partial charge < -0.3 is 5.32 Å². The molecule has 0 unspecified atom stereocenters. The Kier molecular flexibility index (Phi) is 5.35. The minimum absolute atomic E-state index is 0.0467. The molecule has 0 fully saturated rings. The number of hydrogen-bond acceptors (Lipinski definition) is 6. The van der Waals surface area contributed by atoms with Crippen molar-refractivity contribution in [2.75, 3.05) is 11.1 Å². The number of fused-ring (bicyclic) bond motifs is 4. The molecule has 8 heteroatoms. The number of hydrogen-bond donors (Lipinski definition) is 1. The van der Waals surface area contributed by atoms with E-state index < -0.39 is 0 Å². The van der Waals surface area contributed by atoms with E-state index in [1.807, 2.05) is 12.1 Å². The quantitative estimate of drug-likeness (QED) is 0.333. The first-order chi connectivity index (χ1) is 15.4. The maximum Gasteiger partial charge on any atom is 0.226 e. The van der Waals surface area contributed by atoms with Crippen LogP contribution in [0.1, 0.15) is 28.7 Å². The lowest BCUT2D eigenvalue weighted by Crippen LogP contribution is -2.12. The predicted molar refractivity (Wildman–Crippen MR) is 133 cm³/mol. The molecule has 0 spiro atoms. The van der Waals surface area contributed by atoms with Crippen LogP contribution in [0.3, 0.4) is 0 Å². The Morgan fingerprint density at radius 1 is 1.03 bits per heavy atom. The molecule has 32 heavy (non-hydrogen) atoms. The molecule has 0 aliphatic rings. The smallest absolute Gasteiger partial charge is 0.226 e. The van der Waals surface area contributed by atoms with Crippen LogP contribution in [0.5, 0.6) is 0 Å². The maximum absolute atomic E-state index is 12.5. The third kappa shape index (κ3) is 3.84. The Labute approximate surface area is 194 Å². The number of thioether (sulfide) groups is 1. The van der Waals surface area contributed by atoms with Crippen molar-refractivity contribution >= 4 is 60.9 Å². The van der Waals surface area contributed by atoms with Crippen molar-refractivity contribution in [3.8, 4) is 0 Å². The Morgan fingerprint density at radius 3 is 2.72 bits per heavy atom. The number of pyridine rings is 1. The molecular formula is C24H23N5OS2. The summed E-state index contributed by atoms with van der Waals surface area (Å²) in [6.07, 6.45) is 0.371. The summed E-state index contributed by atoms with van der Waals surface area (Å²) in [5.41, 5.74) is 7.68. The SMILES string of the molecule is Cc1ccc2nc(NC(=O)CCSc3nnc4cc(C)c5cc(C)cc(C)c5n34)sc2c1. The molecule has 0 bridgehead atoms. The van der Waals surface area contributed by atoms with Gasteiger partial charge in [0.2, 0.25) is 5.91 Å². The van der Waals surface area contributed by atoms with E-state index in [0.717, 1.165) is 26.5 Å². The fraction of sp³-hybridized carbons (Fsp3) is 0.250. The van der Waals surface area contributed by atoms with Crippen LogP contribution in [0, 0.1) is 27.7 Å². The molecule has 0 radical (unpaired) electrons. The first kappa shape index (κ1) is 20.9. The third-order valence-electron chi connectivity index (χ3n) is 5.45. The van der Waals surface area contributed by atoms with E-state index in [-0.39, 0.29) is 5.91 Å². The van der Waals surface area contributed by atoms with Gasteiger partial charge in [-0.1, -0.05) is 40.8 Å². The van der Waals surface area contributed by atoms with Crippen molar-refractivity contribution in [2.45, 2.75) is 39.3 Å². The van der Waals surface area contributed by atoms with E-state index in [0.29, 0.717) is 17.3 Å². The van der Waals surface area contributed by atoms with Crippen molar-refractivity contribution in [2.24, 2.45) is 0 Å². The molecule has 0 atom stereocenters. The fourth-order valence-corrected chi connectivity index (χ4v) is 5.87. The number of benzene rings is 2. The molecule has 1 N–H and O–H groups in total. The molecule has 3 heterocycles. The summed E-state index contributed by atoms with van der Waals surface area (Å²) in [6.45, 7) is 8.39. The second-order valence-electron chi connectivity index (χ2n) is 8.12. The molecule has 0 saturated heterocycles. The molecule has 0 aliphatic carbocycles. The lowest BCUT2D eigenvalue weighted by molar-refractivity contribution is -0.115. The number of thiazole rings is 1. The van der Waals surface area contributed by atoms with Gasteiger partial charge in [-0.05, 0) is 68.7 Å². The van der Waals surface area contributed by atoms with Crippen LogP contribution in [0.4, 0.5) is 5.13 Å². The lowest BCUT2D eigenvalue weighted by atomic mass is 10.0. The highest BCUT2D eigenvalue weighted by molar-refractivity contribution is 7.99. The number of nitrogens with one attached hydrogen (secondary N) is 1. The molecule has 5 rings (SSSR count). The molecular weight excluding hydrogens is 438 g/mol. The predicted octanol–water partition coefficient (Wildman–Crippen LogP) is 5.85. The minimum atomic E-state index is -0.0467. The van der Waals surface area contributed by atoms with Crippen molar-refractivity contribution in [1.82, 2.24) is 19.6 Å². The standard InChI is InChI=1S/C24H23N5OS2/c1-13-5-6-18-19(11-13)32-23(25-18)26-21(30)7-8-31-24-28-27-20-12-15(3)17-10-14(2)9-16(4)22(17)29(20)24/h5-6,9-12H,7-8H2,1-4H3,(H,25,26,30). The van der Waals surface area contributed by atoms with Gasteiger partial charge in [-0.3, -0.25) is 9.20 Å². The zero-order valence-electron chi connectivity index (χ0n) is 18.4. The van der Waals surface area contributed by atoms with E-state index >= 15 is 0 Å². The van der Waals surface area contributed by atoms with Crippen LogP contribution in [-0.4, -0.2) is 31.2 Å². The van der Waals surface area contributed by atoms with Crippen molar-refractivity contribution in [3.05, 3.63) is 58.7 Å². The highest BCUT2D eigenvalue weighted by atomic mass is 32.2. The zero-order chi connectivity index (χ0) is 22.4. The largest absolute Gasteiger partial charge is 0.302 e. The van der Waals surface area contributed by atoms with E-state index in [1.165, 1.54) is 39.0 Å². The van der Waals surface area contributed by atoms with Gasteiger partial charge in [0.05, 0.1) is 15.7 Å². The monoisotopic (exact) mass is 461 g/mol. The average Bonchev–Trinajstić information content (AvgIpc) is 3.31. The molecule has 162 valence electrons. The van der Waals surface area contributed by atoms with Gasteiger partial charge in [0.25, 0.3) is 0 Å². The molecule has 0 saturated carbocycles. The number of carbonyl (C=O) groups is 1. The topological polar surface area (TPSA) is 72.2 Å². The van der Waals surface area contributed by atoms with E-state index in [4.69, 9.17) is 0 Å². The van der Waals surface area contributed by atoms with E-state index in [2.05, 4.69) is 76.9 Å². The summed E-state index contributed by atoms with van der Waals surface area (Å²) in [5.74, 6) is 0.561. The first-order valence-corrected chi connectivity index (χ1v) is 12.2. The Bertz CT molecular complexity index is 1500. The summed E-state index contributed by atoms with van der Waals surface area (Å²) in [4.78, 5) is 17.0. The normalized spacial score (nSPS) is 11.6. The van der Waals surface area contributed by atoms with Gasteiger partial charge in [-0.25, -0.2) is 4.98 Å². The van der Waals surface area contributed by atoms with Crippen molar-refractivity contribution < 1.29 is 4.79 Å². The Morgan fingerprint density at radius 2 is 1.88 bits per heavy atom. The second-order valence-corrected chi connectivity index (χ2v) is 10.2. The van der Waals surface area contributed by atoms with Gasteiger partial charge in [-0.15, -0.1) is 10.2 Å². The third-order valence-corrected chi connectivity index (χ3v) is 7.31. The molecule has 1 amide bonds. The molecule has 3 aromatic heterocycles. The minimum Gasteiger partial charge on any atom is -0.302 e. The molecule has 5 aromatic rings. The first-order valence-electron chi connectivity index (χ1n) is 10.4. The van der Waals surface area contributed by atoms with Crippen LogP contribution in [0.25, 0.3) is 26.8 Å². The van der Waals surface area contributed by atoms with Gasteiger partial charge in [0.1, 0.15) is 0 Å². The van der Waals surface area contributed by atoms with Crippen LogP contribution >= 0.6 is 23.1 Å². The second kappa shape index (κ2) is 8.18. The number of amides is 1. The Hall–Kier alpha value is -2.97. The summed E-state index contributed by atoms with van der Waals surface area (Å²) >= 11 is 3.05. The number of anilines is 1. The summed E-state index contributed by atoms with van der Waals surface area (Å²) in [7, 11) is 0. The van der Waals surface area contributed by atoms with Gasteiger partial charge in [0.15, 0.2) is 15.9 Å². The maximum atomic E-state index is 12.5. The van der Waals surface area contributed by atoms with Gasteiger partial charge in [0, 0.05) is 17.6 Å². The average molecular weight is 462 g/mol. The number of aryl methyl sites for hydroxylation is 4. The van der Waals surface area contributed by atoms with Crippen LogP contribution in [0.2, 0.25) is 0 Å². The van der Waals surface area contributed by atoms with Crippen LogP contribution in [0.15, 0.2) is 41.6 Å². The summed E-state index contributed by atoms with van der Waals surface area (Å²) < 4.78 is 3.19. The summed E-state index contributed by atoms with van der Waals surface area (Å²) in [5, 5.41) is 14.4.